The van der Waals surface area contributed by atoms with Crippen molar-refractivity contribution in [1.29, 1.82) is 0 Å². The molecule has 0 radical (unpaired) electrons. The number of carbonyl (C=O) groups excluding carboxylic acids is 1. The average Bonchev–Trinajstić information content (AvgIpc) is 2.85. The first-order valence-electron chi connectivity index (χ1n) is 13.5. The molecule has 1 aromatic heterocycles. The zero-order valence-corrected chi connectivity index (χ0v) is 25.1. The summed E-state index contributed by atoms with van der Waals surface area (Å²) >= 11 is 6.17. The van der Waals surface area contributed by atoms with E-state index in [1.165, 1.54) is 17.3 Å². The summed E-state index contributed by atoms with van der Waals surface area (Å²) in [6, 6.07) is 3.53. The van der Waals surface area contributed by atoms with E-state index in [-0.39, 0.29) is 28.7 Å². The van der Waals surface area contributed by atoms with Crippen LogP contribution in [-0.2, 0) is 4.74 Å². The molecule has 2 aromatic rings. The number of rotatable bonds is 3. The van der Waals surface area contributed by atoms with Crippen LogP contribution in [0.15, 0.2) is 41.1 Å². The van der Waals surface area contributed by atoms with E-state index in [2.05, 4.69) is 52.5 Å². The van der Waals surface area contributed by atoms with E-state index in [0.29, 0.717) is 27.9 Å². The quantitative estimate of drug-likeness (QED) is 0.377. The lowest BCUT2D eigenvalue weighted by atomic mass is 9.96. The molecule has 0 bridgehead atoms. The summed E-state index contributed by atoms with van der Waals surface area (Å²) in [7, 11) is 2.13. The van der Waals surface area contributed by atoms with Crippen molar-refractivity contribution in [2.24, 2.45) is 5.92 Å². The highest BCUT2D eigenvalue weighted by molar-refractivity contribution is 6.31. The van der Waals surface area contributed by atoms with E-state index in [0.717, 1.165) is 26.2 Å². The zero-order chi connectivity index (χ0) is 29.4. The van der Waals surface area contributed by atoms with E-state index in [9.17, 15) is 9.18 Å². The van der Waals surface area contributed by atoms with Crippen molar-refractivity contribution >= 4 is 40.1 Å². The number of likely N-dealkylation sites (N-methyl/N-ethyl adjacent to an activating group) is 1. The van der Waals surface area contributed by atoms with Crippen molar-refractivity contribution in [2.45, 2.75) is 59.1 Å². The fourth-order valence-electron chi connectivity index (χ4n) is 4.79. The van der Waals surface area contributed by atoms with Crippen LogP contribution in [0.2, 0.25) is 0 Å². The first kappa shape index (κ1) is 29.8. The largest absolute Gasteiger partial charge is 0.443 e. The Kier molecular flexibility index (Phi) is 8.46. The van der Waals surface area contributed by atoms with E-state index in [4.69, 9.17) is 22.1 Å². The van der Waals surface area contributed by atoms with E-state index in [1.54, 1.807) is 32.9 Å². The number of anilines is 2. The molecule has 1 aliphatic carbocycles. The van der Waals surface area contributed by atoms with Gasteiger partial charge in [0.25, 0.3) is 0 Å². The van der Waals surface area contributed by atoms with Crippen LogP contribution in [0, 0.1) is 17.8 Å². The highest BCUT2D eigenvalue weighted by Gasteiger charge is 2.34. The van der Waals surface area contributed by atoms with Gasteiger partial charge in [-0.25, -0.2) is 24.1 Å². The minimum atomic E-state index is -0.778. The molecule has 1 unspecified atom stereocenters. The number of carbonyl (C=O) groups is 1. The Hall–Kier alpha value is -3.19. The Morgan fingerprint density at radius 2 is 1.85 bits per heavy atom. The molecule has 1 atom stereocenters. The summed E-state index contributed by atoms with van der Waals surface area (Å²) in [5, 5.41) is 0.481. The van der Waals surface area contributed by atoms with E-state index < -0.39 is 17.5 Å². The van der Waals surface area contributed by atoms with Gasteiger partial charge in [0.2, 0.25) is 0 Å². The van der Waals surface area contributed by atoms with Crippen molar-refractivity contribution < 1.29 is 13.9 Å². The number of nitrogens with zero attached hydrogens (tertiary/aromatic N) is 5. The molecule has 1 amide bonds. The van der Waals surface area contributed by atoms with Crippen molar-refractivity contribution in [2.75, 3.05) is 43.9 Å². The van der Waals surface area contributed by atoms with Crippen LogP contribution in [0.4, 0.5) is 20.7 Å². The monoisotopic (exact) mass is 568 g/mol. The second-order valence-corrected chi connectivity index (χ2v) is 12.4. The number of aromatic nitrogens is 2. The van der Waals surface area contributed by atoms with Gasteiger partial charge < -0.3 is 15.4 Å². The average molecular weight is 569 g/mol. The standard InChI is InChI=1S/C30H38ClFN6O2/c1-19-14-23(32)22(31)17-26(19)38(28(39)40-29(2,3)4)27-21-16-24(33)20(15-25(21)34-18-35-27)8-9-30(5,6)37-12-10-36(7)11-13-37/h15-19H,10-14,33H2,1-7H3. The van der Waals surface area contributed by atoms with Crippen LogP contribution in [0.3, 0.4) is 0 Å². The second kappa shape index (κ2) is 11.4. The molecule has 40 heavy (non-hydrogen) atoms. The highest BCUT2D eigenvalue weighted by Crippen LogP contribution is 2.38. The lowest BCUT2D eigenvalue weighted by Gasteiger charge is -2.40. The van der Waals surface area contributed by atoms with Gasteiger partial charge in [-0.1, -0.05) is 30.4 Å². The van der Waals surface area contributed by atoms with Gasteiger partial charge in [-0.3, -0.25) is 4.90 Å². The molecule has 1 saturated heterocycles. The topological polar surface area (TPSA) is 87.8 Å². The maximum Gasteiger partial charge on any atom is 0.420 e. The maximum atomic E-state index is 14.3. The minimum absolute atomic E-state index is 0.0535. The SMILES string of the molecule is CC1CC(F)=C(Cl)C=C1N(C(=O)OC(C)(C)C)c1ncnc2cc(C#CC(C)(C)N3CCN(C)CC3)c(N)cc12. The lowest BCUT2D eigenvalue weighted by molar-refractivity contribution is 0.0587. The van der Waals surface area contributed by atoms with Gasteiger partial charge >= 0.3 is 6.09 Å². The van der Waals surface area contributed by atoms with Crippen molar-refractivity contribution in [1.82, 2.24) is 19.8 Å². The predicted molar refractivity (Wildman–Crippen MR) is 159 cm³/mol. The number of amides is 1. The molecule has 1 fully saturated rings. The molecule has 214 valence electrons. The number of allylic oxidation sites excluding steroid dienone is 4. The van der Waals surface area contributed by atoms with Gasteiger partial charge in [-0.15, -0.1) is 0 Å². The number of ether oxygens (including phenoxy) is 1. The Morgan fingerprint density at radius 1 is 1.18 bits per heavy atom. The molecule has 4 rings (SSSR count). The first-order valence-corrected chi connectivity index (χ1v) is 13.8. The summed E-state index contributed by atoms with van der Waals surface area (Å²) in [4.78, 5) is 28.5. The Bertz CT molecular complexity index is 1430. The van der Waals surface area contributed by atoms with Crippen LogP contribution < -0.4 is 10.6 Å². The van der Waals surface area contributed by atoms with E-state index >= 15 is 0 Å². The number of piperazine rings is 1. The number of fused-ring (bicyclic) bond motifs is 1. The fraction of sp³-hybridized carbons (Fsp3) is 0.500. The number of benzene rings is 1. The molecule has 2 aliphatic rings. The van der Waals surface area contributed by atoms with Crippen molar-refractivity contribution in [3.05, 3.63) is 46.7 Å². The number of halogens is 2. The van der Waals surface area contributed by atoms with Gasteiger partial charge in [-0.2, -0.15) is 0 Å². The third kappa shape index (κ3) is 6.57. The number of hydrogen-bond acceptors (Lipinski definition) is 7. The molecule has 8 nitrogen and oxygen atoms in total. The van der Waals surface area contributed by atoms with Crippen LogP contribution in [0.5, 0.6) is 0 Å². The smallest absolute Gasteiger partial charge is 0.420 e. The number of hydrogen-bond donors (Lipinski definition) is 1. The fourth-order valence-corrected chi connectivity index (χ4v) is 4.97. The number of nitrogen functional groups attached to an aromatic ring is 1. The highest BCUT2D eigenvalue weighted by atomic mass is 35.5. The zero-order valence-electron chi connectivity index (χ0n) is 24.3. The van der Waals surface area contributed by atoms with E-state index in [1.807, 2.05) is 6.92 Å². The molecular formula is C30H38ClFN6O2. The van der Waals surface area contributed by atoms with Crippen LogP contribution in [0.1, 0.15) is 53.5 Å². The summed E-state index contributed by atoms with van der Waals surface area (Å²) in [5.74, 6) is 6.14. The Balaban J connectivity index is 1.78. The summed E-state index contributed by atoms with van der Waals surface area (Å²) in [6.45, 7) is 15.3. The maximum absolute atomic E-state index is 14.3. The Labute approximate surface area is 241 Å². The van der Waals surface area contributed by atoms with Crippen LogP contribution in [0.25, 0.3) is 10.9 Å². The van der Waals surface area contributed by atoms with Gasteiger partial charge in [0.05, 0.1) is 16.1 Å². The lowest BCUT2D eigenvalue weighted by Crippen LogP contribution is -2.53. The summed E-state index contributed by atoms with van der Waals surface area (Å²) < 4.78 is 20.0. The van der Waals surface area contributed by atoms with Crippen molar-refractivity contribution in [3.63, 3.8) is 0 Å². The molecule has 0 saturated carbocycles. The molecular weight excluding hydrogens is 531 g/mol. The van der Waals surface area contributed by atoms with Crippen molar-refractivity contribution in [3.8, 4) is 11.8 Å². The Morgan fingerprint density at radius 3 is 2.50 bits per heavy atom. The summed E-state index contributed by atoms with van der Waals surface area (Å²) in [5.41, 5.74) is 7.49. The third-order valence-corrected chi connectivity index (χ3v) is 7.47. The predicted octanol–water partition coefficient (Wildman–Crippen LogP) is 5.67. The first-order chi connectivity index (χ1) is 18.7. The third-order valence-electron chi connectivity index (χ3n) is 7.15. The molecule has 1 aliphatic heterocycles. The van der Waals surface area contributed by atoms with Gasteiger partial charge in [0, 0.05) is 60.9 Å². The minimum Gasteiger partial charge on any atom is -0.443 e. The number of nitrogens with two attached hydrogens (primary N) is 1. The van der Waals surface area contributed by atoms with Gasteiger partial charge in [0.15, 0.2) is 5.82 Å². The molecule has 2 N–H and O–H groups in total. The normalized spacial score (nSPS) is 19.2. The molecule has 2 heterocycles. The van der Waals surface area contributed by atoms with Gasteiger partial charge in [0.1, 0.15) is 17.8 Å². The van der Waals surface area contributed by atoms with Crippen LogP contribution in [-0.4, -0.2) is 70.2 Å². The van der Waals surface area contributed by atoms with Gasteiger partial charge in [-0.05, 0) is 59.9 Å². The second-order valence-electron chi connectivity index (χ2n) is 12.0. The molecule has 1 aromatic carbocycles. The van der Waals surface area contributed by atoms with Crippen LogP contribution >= 0.6 is 11.6 Å². The molecule has 0 spiro atoms. The summed E-state index contributed by atoms with van der Waals surface area (Å²) in [6.07, 6.45) is 2.22. The molecule has 10 heteroatoms.